The Morgan fingerprint density at radius 3 is 2.58 bits per heavy atom. The van der Waals surface area contributed by atoms with Gasteiger partial charge in [0.25, 0.3) is 0 Å². The van der Waals surface area contributed by atoms with E-state index in [2.05, 4.69) is 12.8 Å². The molecule has 1 N–H and O–H groups in total. The van der Waals surface area contributed by atoms with Crippen LogP contribution in [-0.4, -0.2) is 23.9 Å². The lowest BCUT2D eigenvalue weighted by molar-refractivity contribution is -0.0343. The van der Waals surface area contributed by atoms with Crippen LogP contribution in [0.5, 0.6) is 0 Å². The Balaban J connectivity index is 3.82. The minimum absolute atomic E-state index is 0.0870. The zero-order valence-electron chi connectivity index (χ0n) is 7.92. The van der Waals surface area contributed by atoms with Crippen molar-refractivity contribution < 1.29 is 9.84 Å². The molecule has 0 bridgehead atoms. The van der Waals surface area contributed by atoms with E-state index in [-0.39, 0.29) is 6.10 Å². The first-order valence-corrected chi connectivity index (χ1v) is 4.49. The van der Waals surface area contributed by atoms with E-state index < -0.39 is 6.10 Å². The average Bonchev–Trinajstić information content (AvgIpc) is 2.04. The molecule has 2 atom stereocenters. The lowest BCUT2D eigenvalue weighted by Gasteiger charge is -2.20. The molecule has 0 radical (unpaired) electrons. The van der Waals surface area contributed by atoms with Gasteiger partial charge in [-0.05, 0) is 13.3 Å². The number of hydrogen-bond acceptors (Lipinski definition) is 2. The third-order valence-corrected chi connectivity index (χ3v) is 1.71. The van der Waals surface area contributed by atoms with Crippen LogP contribution in [0.4, 0.5) is 0 Å². The van der Waals surface area contributed by atoms with E-state index in [1.54, 1.807) is 0 Å². The molecule has 0 heterocycles. The van der Waals surface area contributed by atoms with E-state index in [0.29, 0.717) is 13.0 Å². The molecule has 0 fully saturated rings. The van der Waals surface area contributed by atoms with Gasteiger partial charge in [0.15, 0.2) is 0 Å². The fourth-order valence-corrected chi connectivity index (χ4v) is 1.14. The standard InChI is InChI=1S/C10H18O2/c1-4-7-9(11)10(8-5-2)12-6-3/h1,9-11H,5-8H2,2-3H3. The molecule has 2 unspecified atom stereocenters. The average molecular weight is 170 g/mol. The van der Waals surface area contributed by atoms with E-state index in [1.165, 1.54) is 0 Å². The van der Waals surface area contributed by atoms with Gasteiger partial charge in [0.1, 0.15) is 0 Å². The molecule has 0 aliphatic rings. The van der Waals surface area contributed by atoms with E-state index in [0.717, 1.165) is 12.8 Å². The Bertz CT molecular complexity index is 131. The van der Waals surface area contributed by atoms with E-state index in [1.807, 2.05) is 6.92 Å². The van der Waals surface area contributed by atoms with Crippen LogP contribution < -0.4 is 0 Å². The third-order valence-electron chi connectivity index (χ3n) is 1.71. The lowest BCUT2D eigenvalue weighted by atomic mass is 10.1. The molecule has 0 aromatic rings. The maximum Gasteiger partial charge on any atom is 0.0910 e. The molecule has 0 saturated heterocycles. The summed E-state index contributed by atoms with van der Waals surface area (Å²) in [5, 5.41) is 9.50. The van der Waals surface area contributed by atoms with Crippen molar-refractivity contribution >= 4 is 0 Å². The van der Waals surface area contributed by atoms with Crippen molar-refractivity contribution in [3.8, 4) is 12.3 Å². The van der Waals surface area contributed by atoms with Crippen LogP contribution in [0.1, 0.15) is 33.1 Å². The predicted octanol–water partition coefficient (Wildman–Crippen LogP) is 1.58. The van der Waals surface area contributed by atoms with Crippen LogP contribution in [0.2, 0.25) is 0 Å². The normalized spacial score (nSPS) is 15.2. The maximum atomic E-state index is 9.50. The topological polar surface area (TPSA) is 29.5 Å². The van der Waals surface area contributed by atoms with Crippen molar-refractivity contribution in [1.29, 1.82) is 0 Å². The summed E-state index contributed by atoms with van der Waals surface area (Å²) in [6.07, 6.45) is 6.76. The Morgan fingerprint density at radius 2 is 2.17 bits per heavy atom. The van der Waals surface area contributed by atoms with Gasteiger partial charge in [-0.1, -0.05) is 13.3 Å². The molecule has 70 valence electrons. The van der Waals surface area contributed by atoms with Crippen molar-refractivity contribution in [2.24, 2.45) is 0 Å². The minimum atomic E-state index is -0.505. The molecule has 0 aliphatic carbocycles. The summed E-state index contributed by atoms with van der Waals surface area (Å²) >= 11 is 0. The van der Waals surface area contributed by atoms with Crippen LogP contribution in [0.25, 0.3) is 0 Å². The van der Waals surface area contributed by atoms with Crippen LogP contribution >= 0.6 is 0 Å². The first kappa shape index (κ1) is 11.5. The molecule has 2 nitrogen and oxygen atoms in total. The van der Waals surface area contributed by atoms with Crippen molar-refractivity contribution in [1.82, 2.24) is 0 Å². The van der Waals surface area contributed by atoms with Gasteiger partial charge in [0.05, 0.1) is 12.2 Å². The zero-order chi connectivity index (χ0) is 9.40. The third kappa shape index (κ3) is 4.38. The number of aliphatic hydroxyl groups is 1. The van der Waals surface area contributed by atoms with Crippen molar-refractivity contribution in [2.75, 3.05) is 6.61 Å². The minimum Gasteiger partial charge on any atom is -0.389 e. The van der Waals surface area contributed by atoms with Gasteiger partial charge in [-0.2, -0.15) is 0 Å². The number of ether oxygens (including phenoxy) is 1. The van der Waals surface area contributed by atoms with E-state index >= 15 is 0 Å². The number of hydrogen-bond donors (Lipinski definition) is 1. The number of rotatable bonds is 6. The molecule has 0 aromatic heterocycles. The molecule has 2 heteroatoms. The molecule has 0 aromatic carbocycles. The van der Waals surface area contributed by atoms with Gasteiger partial charge in [-0.25, -0.2) is 0 Å². The second-order valence-corrected chi connectivity index (χ2v) is 2.76. The van der Waals surface area contributed by atoms with Crippen molar-refractivity contribution in [3.63, 3.8) is 0 Å². The summed E-state index contributed by atoms with van der Waals surface area (Å²) in [6, 6.07) is 0. The van der Waals surface area contributed by atoms with Crippen LogP contribution in [0, 0.1) is 12.3 Å². The van der Waals surface area contributed by atoms with E-state index in [4.69, 9.17) is 11.2 Å². The monoisotopic (exact) mass is 170 g/mol. The fraction of sp³-hybridized carbons (Fsp3) is 0.800. The van der Waals surface area contributed by atoms with Crippen LogP contribution in [0.15, 0.2) is 0 Å². The predicted molar refractivity (Wildman–Crippen MR) is 49.8 cm³/mol. The van der Waals surface area contributed by atoms with Crippen LogP contribution in [-0.2, 0) is 4.74 Å². The summed E-state index contributed by atoms with van der Waals surface area (Å²) in [4.78, 5) is 0. The molecule has 0 saturated carbocycles. The Morgan fingerprint density at radius 1 is 1.50 bits per heavy atom. The van der Waals surface area contributed by atoms with Gasteiger partial charge in [0.2, 0.25) is 0 Å². The van der Waals surface area contributed by atoms with Gasteiger partial charge in [-0.3, -0.25) is 0 Å². The molecule has 0 rings (SSSR count). The quantitative estimate of drug-likeness (QED) is 0.613. The summed E-state index contributed by atoms with van der Waals surface area (Å²) in [5.41, 5.74) is 0. The molecule has 0 amide bonds. The lowest BCUT2D eigenvalue weighted by Crippen LogP contribution is -2.28. The zero-order valence-corrected chi connectivity index (χ0v) is 7.92. The van der Waals surface area contributed by atoms with Gasteiger partial charge < -0.3 is 9.84 Å². The maximum absolute atomic E-state index is 9.50. The summed E-state index contributed by atoms with van der Waals surface area (Å²) in [7, 11) is 0. The van der Waals surface area contributed by atoms with Gasteiger partial charge in [0, 0.05) is 13.0 Å². The number of terminal acetylenes is 1. The van der Waals surface area contributed by atoms with Gasteiger partial charge >= 0.3 is 0 Å². The largest absolute Gasteiger partial charge is 0.389 e. The van der Waals surface area contributed by atoms with E-state index in [9.17, 15) is 5.11 Å². The highest BCUT2D eigenvalue weighted by atomic mass is 16.5. The highest BCUT2D eigenvalue weighted by Crippen LogP contribution is 2.09. The summed E-state index contributed by atoms with van der Waals surface area (Å²) < 4.78 is 5.35. The summed E-state index contributed by atoms with van der Waals surface area (Å²) in [6.45, 7) is 4.62. The molecular formula is C10H18O2. The Hall–Kier alpha value is -0.520. The first-order chi connectivity index (χ1) is 5.76. The molecule has 0 spiro atoms. The Labute approximate surface area is 74.9 Å². The second-order valence-electron chi connectivity index (χ2n) is 2.76. The SMILES string of the molecule is C#CCC(O)C(CCC)OCC. The first-order valence-electron chi connectivity index (χ1n) is 4.49. The number of aliphatic hydroxyl groups excluding tert-OH is 1. The smallest absolute Gasteiger partial charge is 0.0910 e. The van der Waals surface area contributed by atoms with Crippen molar-refractivity contribution in [2.45, 2.75) is 45.3 Å². The summed E-state index contributed by atoms with van der Waals surface area (Å²) in [5.74, 6) is 2.43. The fourth-order valence-electron chi connectivity index (χ4n) is 1.14. The molecule has 0 aliphatic heterocycles. The van der Waals surface area contributed by atoms with Crippen molar-refractivity contribution in [3.05, 3.63) is 0 Å². The van der Waals surface area contributed by atoms with Gasteiger partial charge in [-0.15, -0.1) is 12.3 Å². The molecular weight excluding hydrogens is 152 g/mol. The second kappa shape index (κ2) is 7.15. The highest BCUT2D eigenvalue weighted by Gasteiger charge is 2.16. The Kier molecular flexibility index (Phi) is 6.84. The highest BCUT2D eigenvalue weighted by molar-refractivity contribution is 4.89. The van der Waals surface area contributed by atoms with Crippen LogP contribution in [0.3, 0.4) is 0 Å². The molecule has 12 heavy (non-hydrogen) atoms.